The van der Waals surface area contributed by atoms with Crippen LogP contribution in [-0.4, -0.2) is 74.1 Å². The maximum atomic E-state index is 11.8. The molecular weight excluding hydrogens is 290 g/mol. The van der Waals surface area contributed by atoms with Crippen molar-refractivity contribution in [2.45, 2.75) is 13.3 Å². The topological polar surface area (TPSA) is 116 Å². The van der Waals surface area contributed by atoms with Gasteiger partial charge in [-0.05, 0) is 6.92 Å². The summed E-state index contributed by atoms with van der Waals surface area (Å²) in [5.74, 6) is -0.885. The molecule has 0 unspecified atom stereocenters. The zero-order chi connectivity index (χ0) is 15.2. The first-order valence-corrected chi connectivity index (χ1v) is 7.68. The minimum atomic E-state index is -3.89. The van der Waals surface area contributed by atoms with Crippen molar-refractivity contribution in [2.75, 3.05) is 39.3 Å². The average Bonchev–Trinajstić information content (AvgIpc) is 2.36. The van der Waals surface area contributed by atoms with Gasteiger partial charge in [-0.2, -0.15) is 12.7 Å². The van der Waals surface area contributed by atoms with Gasteiger partial charge in [0.1, 0.15) is 0 Å². The molecule has 2 N–H and O–H groups in total. The number of nitrogens with one attached hydrogen (secondary N) is 1. The molecule has 0 aromatic carbocycles. The van der Waals surface area contributed by atoms with E-state index in [1.165, 1.54) is 0 Å². The standard InChI is InChI=1S/C10H19N3O6S/c1-2-19-10(16)11-20(17,18)13-7-5-12(6-8-13)4-3-9(14)15/h2-8H2,1H3,(H,11,16)(H,14,15). The summed E-state index contributed by atoms with van der Waals surface area (Å²) in [4.78, 5) is 23.4. The van der Waals surface area contributed by atoms with E-state index in [9.17, 15) is 18.0 Å². The molecule has 0 aromatic heterocycles. The van der Waals surface area contributed by atoms with Crippen LogP contribution in [0.1, 0.15) is 13.3 Å². The van der Waals surface area contributed by atoms with E-state index in [-0.39, 0.29) is 26.1 Å². The van der Waals surface area contributed by atoms with Crippen molar-refractivity contribution in [3.63, 3.8) is 0 Å². The average molecular weight is 309 g/mol. The van der Waals surface area contributed by atoms with Gasteiger partial charge in [0.25, 0.3) is 0 Å². The van der Waals surface area contributed by atoms with Gasteiger partial charge in [0.15, 0.2) is 0 Å². The first-order valence-electron chi connectivity index (χ1n) is 6.24. The molecule has 1 aliphatic rings. The molecule has 0 spiro atoms. The summed E-state index contributed by atoms with van der Waals surface area (Å²) < 4.78 is 31.2. The second kappa shape index (κ2) is 7.41. The Kier molecular flexibility index (Phi) is 6.17. The van der Waals surface area contributed by atoms with Gasteiger partial charge >= 0.3 is 22.3 Å². The molecule has 1 rings (SSSR count). The van der Waals surface area contributed by atoms with Crippen LogP contribution in [0.2, 0.25) is 0 Å². The molecule has 10 heteroatoms. The summed E-state index contributed by atoms with van der Waals surface area (Å²) >= 11 is 0. The number of carbonyl (C=O) groups excluding carboxylic acids is 1. The van der Waals surface area contributed by atoms with Gasteiger partial charge in [-0.1, -0.05) is 0 Å². The van der Waals surface area contributed by atoms with Crippen LogP contribution in [0.4, 0.5) is 4.79 Å². The number of hydrogen-bond acceptors (Lipinski definition) is 6. The van der Waals surface area contributed by atoms with Gasteiger partial charge in [0, 0.05) is 32.7 Å². The zero-order valence-electron chi connectivity index (χ0n) is 11.2. The Hall–Kier alpha value is -1.39. The Bertz CT molecular complexity index is 444. The second-order valence-corrected chi connectivity index (χ2v) is 5.88. The molecular formula is C10H19N3O6S. The molecule has 0 aromatic rings. The summed E-state index contributed by atoms with van der Waals surface area (Å²) in [6, 6.07) is 0. The molecule has 0 atom stereocenters. The van der Waals surface area contributed by atoms with Crippen molar-refractivity contribution in [3.05, 3.63) is 0 Å². The number of aliphatic carboxylic acids is 1. The quantitative estimate of drug-likeness (QED) is 0.651. The Morgan fingerprint density at radius 1 is 1.25 bits per heavy atom. The third kappa shape index (κ3) is 5.31. The summed E-state index contributed by atoms with van der Waals surface area (Å²) in [5, 5.41) is 8.58. The lowest BCUT2D eigenvalue weighted by Crippen LogP contribution is -2.53. The van der Waals surface area contributed by atoms with Crippen LogP contribution >= 0.6 is 0 Å². The lowest BCUT2D eigenvalue weighted by atomic mass is 10.3. The molecule has 116 valence electrons. The van der Waals surface area contributed by atoms with E-state index in [0.29, 0.717) is 19.6 Å². The van der Waals surface area contributed by atoms with Crippen molar-refractivity contribution >= 4 is 22.3 Å². The minimum Gasteiger partial charge on any atom is -0.481 e. The number of ether oxygens (including phenoxy) is 1. The maximum Gasteiger partial charge on any atom is 0.421 e. The third-order valence-electron chi connectivity index (χ3n) is 2.80. The van der Waals surface area contributed by atoms with Crippen LogP contribution < -0.4 is 4.72 Å². The number of amides is 1. The SMILES string of the molecule is CCOC(=O)NS(=O)(=O)N1CCN(CCC(=O)O)CC1. The maximum absolute atomic E-state index is 11.8. The monoisotopic (exact) mass is 309 g/mol. The largest absolute Gasteiger partial charge is 0.481 e. The van der Waals surface area contributed by atoms with E-state index in [2.05, 4.69) is 4.74 Å². The van der Waals surface area contributed by atoms with E-state index < -0.39 is 22.3 Å². The third-order valence-corrected chi connectivity index (χ3v) is 4.27. The van der Waals surface area contributed by atoms with Gasteiger partial charge in [-0.3, -0.25) is 4.79 Å². The lowest BCUT2D eigenvalue weighted by Gasteiger charge is -2.33. The van der Waals surface area contributed by atoms with Crippen LogP contribution in [0.3, 0.4) is 0 Å². The van der Waals surface area contributed by atoms with E-state index in [0.717, 1.165) is 4.31 Å². The summed E-state index contributed by atoms with van der Waals surface area (Å²) in [5.41, 5.74) is 0. The van der Waals surface area contributed by atoms with Crippen LogP contribution in [0.5, 0.6) is 0 Å². The Morgan fingerprint density at radius 3 is 2.35 bits per heavy atom. The van der Waals surface area contributed by atoms with Crippen molar-refractivity contribution in [3.8, 4) is 0 Å². The van der Waals surface area contributed by atoms with E-state index in [1.54, 1.807) is 6.92 Å². The van der Waals surface area contributed by atoms with E-state index in [1.807, 2.05) is 9.62 Å². The Morgan fingerprint density at radius 2 is 1.85 bits per heavy atom. The number of piperazine rings is 1. The van der Waals surface area contributed by atoms with Crippen molar-refractivity contribution < 1.29 is 27.9 Å². The van der Waals surface area contributed by atoms with Crippen LogP contribution in [-0.2, 0) is 19.7 Å². The number of carboxylic acid groups (broad SMARTS) is 1. The fourth-order valence-corrected chi connectivity index (χ4v) is 2.82. The molecule has 1 heterocycles. The van der Waals surface area contributed by atoms with Crippen molar-refractivity contribution in [2.24, 2.45) is 0 Å². The van der Waals surface area contributed by atoms with Crippen molar-refractivity contribution in [1.29, 1.82) is 0 Å². The van der Waals surface area contributed by atoms with Gasteiger partial charge in [-0.25, -0.2) is 9.52 Å². The smallest absolute Gasteiger partial charge is 0.421 e. The van der Waals surface area contributed by atoms with Crippen LogP contribution in [0.25, 0.3) is 0 Å². The Balaban J connectivity index is 2.43. The number of carboxylic acids is 1. The molecule has 1 aliphatic heterocycles. The number of hydrogen-bond donors (Lipinski definition) is 2. The molecule has 1 saturated heterocycles. The molecule has 0 aliphatic carbocycles. The highest BCUT2D eigenvalue weighted by atomic mass is 32.2. The molecule has 20 heavy (non-hydrogen) atoms. The van der Waals surface area contributed by atoms with E-state index >= 15 is 0 Å². The molecule has 1 fully saturated rings. The van der Waals surface area contributed by atoms with E-state index in [4.69, 9.17) is 5.11 Å². The Labute approximate surface area is 117 Å². The number of rotatable bonds is 6. The number of carbonyl (C=O) groups is 2. The second-order valence-electron chi connectivity index (χ2n) is 4.21. The molecule has 9 nitrogen and oxygen atoms in total. The fraction of sp³-hybridized carbons (Fsp3) is 0.800. The zero-order valence-corrected chi connectivity index (χ0v) is 12.1. The van der Waals surface area contributed by atoms with Crippen molar-refractivity contribution in [1.82, 2.24) is 13.9 Å². The summed E-state index contributed by atoms with van der Waals surface area (Å²) in [7, 11) is -3.89. The van der Waals surface area contributed by atoms with Gasteiger partial charge < -0.3 is 14.7 Å². The first kappa shape index (κ1) is 16.7. The lowest BCUT2D eigenvalue weighted by molar-refractivity contribution is -0.137. The van der Waals surface area contributed by atoms with Gasteiger partial charge in [0.05, 0.1) is 13.0 Å². The predicted molar refractivity (Wildman–Crippen MR) is 69.3 cm³/mol. The highest BCUT2D eigenvalue weighted by Gasteiger charge is 2.28. The highest BCUT2D eigenvalue weighted by Crippen LogP contribution is 2.06. The van der Waals surface area contributed by atoms with Crippen LogP contribution in [0.15, 0.2) is 0 Å². The minimum absolute atomic E-state index is 0.0217. The van der Waals surface area contributed by atoms with Gasteiger partial charge in [-0.15, -0.1) is 0 Å². The molecule has 1 amide bonds. The first-order chi connectivity index (χ1) is 9.35. The number of nitrogens with zero attached hydrogens (tertiary/aromatic N) is 2. The molecule has 0 bridgehead atoms. The highest BCUT2D eigenvalue weighted by molar-refractivity contribution is 7.87. The molecule has 0 radical (unpaired) electrons. The molecule has 0 saturated carbocycles. The summed E-state index contributed by atoms with van der Waals surface area (Å²) in [6.45, 7) is 3.31. The predicted octanol–water partition coefficient (Wildman–Crippen LogP) is -0.930. The normalized spacial score (nSPS) is 17.6. The summed E-state index contributed by atoms with van der Waals surface area (Å²) in [6.07, 6.45) is -0.978. The fourth-order valence-electron chi connectivity index (χ4n) is 1.78. The van der Waals surface area contributed by atoms with Crippen LogP contribution in [0, 0.1) is 0 Å². The van der Waals surface area contributed by atoms with Gasteiger partial charge in [0.2, 0.25) is 0 Å².